The van der Waals surface area contributed by atoms with Gasteiger partial charge in [-0.1, -0.05) is 75.1 Å². The van der Waals surface area contributed by atoms with E-state index in [4.69, 9.17) is 0 Å². The summed E-state index contributed by atoms with van der Waals surface area (Å²) in [4.78, 5) is 2.37. The van der Waals surface area contributed by atoms with Gasteiger partial charge in [0, 0.05) is 17.1 Å². The third-order valence-electron chi connectivity index (χ3n) is 6.34. The predicted molar refractivity (Wildman–Crippen MR) is 126 cm³/mol. The number of benzene rings is 3. The van der Waals surface area contributed by atoms with Gasteiger partial charge in [-0.05, 0) is 79.1 Å². The monoisotopic (exact) mass is 383 g/mol. The van der Waals surface area contributed by atoms with Crippen LogP contribution in [0.5, 0.6) is 0 Å². The van der Waals surface area contributed by atoms with E-state index in [1.165, 1.54) is 65.9 Å². The number of rotatable bonds is 5. The van der Waals surface area contributed by atoms with Crippen molar-refractivity contribution in [2.75, 3.05) is 4.90 Å². The number of nitrogens with zero attached hydrogens (tertiary/aromatic N) is 1. The molecule has 0 spiro atoms. The molecular formula is C28H33N. The lowest BCUT2D eigenvalue weighted by Crippen LogP contribution is -2.11. The normalized spacial score (nSPS) is 14.9. The van der Waals surface area contributed by atoms with E-state index in [-0.39, 0.29) is 0 Å². The molecule has 0 aromatic heterocycles. The minimum absolute atomic E-state index is 0.548. The fourth-order valence-corrected chi connectivity index (χ4v) is 4.48. The van der Waals surface area contributed by atoms with Crippen molar-refractivity contribution in [3.8, 4) is 0 Å². The van der Waals surface area contributed by atoms with Gasteiger partial charge in [0.15, 0.2) is 0 Å². The Morgan fingerprint density at radius 2 is 1.14 bits per heavy atom. The Balaban J connectivity index is 1.68. The van der Waals surface area contributed by atoms with Crippen LogP contribution in [0.25, 0.3) is 0 Å². The molecule has 1 aliphatic carbocycles. The van der Waals surface area contributed by atoms with E-state index < -0.39 is 0 Å². The molecular weight excluding hydrogens is 350 g/mol. The van der Waals surface area contributed by atoms with Gasteiger partial charge in [-0.3, -0.25) is 0 Å². The molecule has 0 radical (unpaired) electrons. The standard InChI is InChI=1S/C28H33N/c1-21(2)23-11-17-27(18-12-23)29(26-15-9-22(3)10-16-26)28-19-13-25(14-20-28)24-7-5-4-6-8-24/h9-21,24H,4-8H2,1-3H3. The van der Waals surface area contributed by atoms with Crippen molar-refractivity contribution < 1.29 is 0 Å². The van der Waals surface area contributed by atoms with E-state index in [1.807, 2.05) is 0 Å². The summed E-state index contributed by atoms with van der Waals surface area (Å²) in [7, 11) is 0. The van der Waals surface area contributed by atoms with Gasteiger partial charge in [-0.25, -0.2) is 0 Å². The molecule has 0 heterocycles. The molecule has 1 heteroatoms. The average molecular weight is 384 g/mol. The van der Waals surface area contributed by atoms with Crippen molar-refractivity contribution >= 4 is 17.1 Å². The molecule has 0 bridgehead atoms. The summed E-state index contributed by atoms with van der Waals surface area (Å²) in [5, 5.41) is 0. The maximum atomic E-state index is 2.37. The summed E-state index contributed by atoms with van der Waals surface area (Å²) in [6.45, 7) is 6.64. The van der Waals surface area contributed by atoms with Crippen molar-refractivity contribution in [2.45, 2.75) is 64.7 Å². The number of hydrogen-bond donors (Lipinski definition) is 0. The van der Waals surface area contributed by atoms with E-state index in [0.29, 0.717) is 5.92 Å². The van der Waals surface area contributed by atoms with Gasteiger partial charge in [0.1, 0.15) is 0 Å². The second-order valence-corrected chi connectivity index (χ2v) is 8.84. The van der Waals surface area contributed by atoms with Gasteiger partial charge in [0.05, 0.1) is 0 Å². The van der Waals surface area contributed by atoms with Crippen LogP contribution in [0.3, 0.4) is 0 Å². The van der Waals surface area contributed by atoms with Crippen LogP contribution in [0.15, 0.2) is 72.8 Å². The SMILES string of the molecule is Cc1ccc(N(c2ccc(C(C)C)cc2)c2ccc(C3CCCCC3)cc2)cc1. The largest absolute Gasteiger partial charge is 0.311 e. The minimum Gasteiger partial charge on any atom is -0.311 e. The molecule has 150 valence electrons. The van der Waals surface area contributed by atoms with Crippen molar-refractivity contribution in [3.63, 3.8) is 0 Å². The van der Waals surface area contributed by atoms with E-state index in [9.17, 15) is 0 Å². The molecule has 4 rings (SSSR count). The van der Waals surface area contributed by atoms with E-state index in [2.05, 4.69) is 98.5 Å². The van der Waals surface area contributed by atoms with Crippen LogP contribution >= 0.6 is 0 Å². The van der Waals surface area contributed by atoms with Gasteiger partial charge in [-0.15, -0.1) is 0 Å². The second kappa shape index (κ2) is 8.86. The topological polar surface area (TPSA) is 3.24 Å². The average Bonchev–Trinajstić information content (AvgIpc) is 2.77. The lowest BCUT2D eigenvalue weighted by Gasteiger charge is -2.27. The Morgan fingerprint density at radius 3 is 1.66 bits per heavy atom. The maximum Gasteiger partial charge on any atom is 0.0461 e. The van der Waals surface area contributed by atoms with Gasteiger partial charge < -0.3 is 4.90 Å². The number of anilines is 3. The Labute approximate surface area is 176 Å². The van der Waals surface area contributed by atoms with Crippen LogP contribution in [0.2, 0.25) is 0 Å². The Kier molecular flexibility index (Phi) is 6.04. The summed E-state index contributed by atoms with van der Waals surface area (Å²) in [5.41, 5.74) is 7.82. The fourth-order valence-electron chi connectivity index (χ4n) is 4.48. The Hall–Kier alpha value is -2.54. The first-order valence-corrected chi connectivity index (χ1v) is 11.2. The Morgan fingerprint density at radius 1 is 0.655 bits per heavy atom. The maximum absolute atomic E-state index is 2.37. The molecule has 1 aliphatic rings. The van der Waals surface area contributed by atoms with Gasteiger partial charge in [0.25, 0.3) is 0 Å². The fraction of sp³-hybridized carbons (Fsp3) is 0.357. The lowest BCUT2D eigenvalue weighted by atomic mass is 9.84. The molecule has 1 nitrogen and oxygen atoms in total. The Bertz CT molecular complexity index is 898. The molecule has 3 aromatic rings. The predicted octanol–water partition coefficient (Wildman–Crippen LogP) is 8.64. The summed E-state index contributed by atoms with van der Waals surface area (Å²) in [6, 6.07) is 27.2. The molecule has 3 aromatic carbocycles. The van der Waals surface area contributed by atoms with E-state index in [0.717, 1.165) is 5.92 Å². The highest BCUT2D eigenvalue weighted by Crippen LogP contribution is 2.38. The van der Waals surface area contributed by atoms with Crippen LogP contribution in [0.4, 0.5) is 17.1 Å². The molecule has 0 unspecified atom stereocenters. The van der Waals surface area contributed by atoms with Crippen molar-refractivity contribution in [1.82, 2.24) is 0 Å². The highest BCUT2D eigenvalue weighted by molar-refractivity contribution is 5.76. The number of aryl methyl sites for hydroxylation is 1. The molecule has 0 aliphatic heterocycles. The highest BCUT2D eigenvalue weighted by atomic mass is 15.1. The van der Waals surface area contributed by atoms with E-state index in [1.54, 1.807) is 0 Å². The first-order chi connectivity index (χ1) is 14.1. The van der Waals surface area contributed by atoms with Crippen molar-refractivity contribution in [1.29, 1.82) is 0 Å². The van der Waals surface area contributed by atoms with E-state index >= 15 is 0 Å². The van der Waals surface area contributed by atoms with Crippen molar-refractivity contribution in [3.05, 3.63) is 89.5 Å². The van der Waals surface area contributed by atoms with Crippen LogP contribution < -0.4 is 4.90 Å². The van der Waals surface area contributed by atoms with Crippen LogP contribution in [0, 0.1) is 6.92 Å². The zero-order valence-corrected chi connectivity index (χ0v) is 18.1. The molecule has 1 saturated carbocycles. The van der Waals surface area contributed by atoms with Gasteiger partial charge in [-0.2, -0.15) is 0 Å². The summed E-state index contributed by atoms with van der Waals surface area (Å²) in [5.74, 6) is 1.29. The molecule has 0 atom stereocenters. The third-order valence-corrected chi connectivity index (χ3v) is 6.34. The molecule has 0 amide bonds. The molecule has 0 N–H and O–H groups in total. The second-order valence-electron chi connectivity index (χ2n) is 8.84. The molecule has 0 saturated heterocycles. The zero-order valence-electron chi connectivity index (χ0n) is 18.1. The van der Waals surface area contributed by atoms with Gasteiger partial charge in [0.2, 0.25) is 0 Å². The summed E-state index contributed by atoms with van der Waals surface area (Å²) < 4.78 is 0. The van der Waals surface area contributed by atoms with Crippen LogP contribution in [-0.2, 0) is 0 Å². The highest BCUT2D eigenvalue weighted by Gasteiger charge is 2.17. The first kappa shape index (κ1) is 19.8. The first-order valence-electron chi connectivity index (χ1n) is 11.2. The third kappa shape index (κ3) is 4.56. The van der Waals surface area contributed by atoms with Crippen LogP contribution in [-0.4, -0.2) is 0 Å². The molecule has 29 heavy (non-hydrogen) atoms. The summed E-state index contributed by atoms with van der Waals surface area (Å²) in [6.07, 6.45) is 6.85. The minimum atomic E-state index is 0.548. The lowest BCUT2D eigenvalue weighted by molar-refractivity contribution is 0.443. The summed E-state index contributed by atoms with van der Waals surface area (Å²) >= 11 is 0. The van der Waals surface area contributed by atoms with Gasteiger partial charge >= 0.3 is 0 Å². The van der Waals surface area contributed by atoms with Crippen molar-refractivity contribution in [2.24, 2.45) is 0 Å². The number of hydrogen-bond acceptors (Lipinski definition) is 1. The smallest absolute Gasteiger partial charge is 0.0461 e. The molecule has 1 fully saturated rings. The quantitative estimate of drug-likeness (QED) is 0.426. The zero-order chi connectivity index (χ0) is 20.2. The van der Waals surface area contributed by atoms with Crippen LogP contribution in [0.1, 0.15) is 74.5 Å².